The fraction of sp³-hybridized carbons (Fsp3) is 1.00. The van der Waals surface area contributed by atoms with Gasteiger partial charge in [0.05, 0.1) is 5.60 Å². The van der Waals surface area contributed by atoms with Crippen molar-refractivity contribution in [2.24, 2.45) is 0 Å². The van der Waals surface area contributed by atoms with Gasteiger partial charge in [-0.1, -0.05) is 6.92 Å². The summed E-state index contributed by atoms with van der Waals surface area (Å²) in [5.41, 5.74) is -0.650. The molecule has 4 heteroatoms. The van der Waals surface area contributed by atoms with E-state index in [-0.39, 0.29) is 0 Å². The minimum Gasteiger partial charge on any atom is -0.389 e. The van der Waals surface area contributed by atoms with E-state index in [0.717, 1.165) is 0 Å². The fourth-order valence-corrected chi connectivity index (χ4v) is 2.99. The Morgan fingerprint density at radius 1 is 1.60 bits per heavy atom. The van der Waals surface area contributed by atoms with Gasteiger partial charge in [-0.2, -0.15) is 11.8 Å². The van der Waals surface area contributed by atoms with Gasteiger partial charge in [-0.15, -0.1) is 0 Å². The standard InChI is InChI=1S/C11H23NO2S/c1-9-10(4-7-15-9)12-8-11(2,13)5-6-14-3/h9-10,12-13H,4-8H2,1-3H3. The molecule has 1 rings (SSSR count). The summed E-state index contributed by atoms with van der Waals surface area (Å²) in [7, 11) is 1.67. The van der Waals surface area contributed by atoms with Gasteiger partial charge in [-0.3, -0.25) is 0 Å². The molecule has 3 nitrogen and oxygen atoms in total. The Kier molecular flexibility index (Phi) is 5.39. The number of nitrogens with one attached hydrogen (secondary N) is 1. The summed E-state index contributed by atoms with van der Waals surface area (Å²) in [6, 6.07) is 0.559. The maximum absolute atomic E-state index is 10.0. The Labute approximate surface area is 97.0 Å². The molecular formula is C11H23NO2S. The summed E-state index contributed by atoms with van der Waals surface area (Å²) in [5.74, 6) is 1.24. The second-order valence-corrected chi connectivity index (χ2v) is 6.08. The molecule has 0 bridgehead atoms. The smallest absolute Gasteiger partial charge is 0.0765 e. The number of thioether (sulfide) groups is 1. The maximum atomic E-state index is 10.0. The average Bonchev–Trinajstić information content (AvgIpc) is 2.58. The number of ether oxygens (including phenoxy) is 1. The Morgan fingerprint density at radius 3 is 2.87 bits per heavy atom. The molecule has 1 aliphatic heterocycles. The molecule has 0 aliphatic carbocycles. The molecule has 1 saturated heterocycles. The van der Waals surface area contributed by atoms with E-state index in [1.165, 1.54) is 12.2 Å². The molecule has 2 N–H and O–H groups in total. The van der Waals surface area contributed by atoms with E-state index in [4.69, 9.17) is 4.74 Å². The molecule has 0 saturated carbocycles. The molecular weight excluding hydrogens is 210 g/mol. The van der Waals surface area contributed by atoms with Crippen LogP contribution in [-0.2, 0) is 4.74 Å². The lowest BCUT2D eigenvalue weighted by Gasteiger charge is -2.26. The first-order chi connectivity index (χ1) is 7.05. The van der Waals surface area contributed by atoms with Crippen LogP contribution in [0, 0.1) is 0 Å². The third-order valence-electron chi connectivity index (χ3n) is 2.97. The molecule has 90 valence electrons. The van der Waals surface area contributed by atoms with Gasteiger partial charge >= 0.3 is 0 Å². The number of rotatable bonds is 6. The van der Waals surface area contributed by atoms with Crippen LogP contribution in [0.1, 0.15) is 26.7 Å². The summed E-state index contributed by atoms with van der Waals surface area (Å²) in [5, 5.41) is 14.2. The van der Waals surface area contributed by atoms with Crippen molar-refractivity contribution in [3.05, 3.63) is 0 Å². The van der Waals surface area contributed by atoms with Crippen molar-refractivity contribution in [2.45, 2.75) is 43.6 Å². The van der Waals surface area contributed by atoms with Crippen molar-refractivity contribution in [3.63, 3.8) is 0 Å². The van der Waals surface area contributed by atoms with E-state index in [1.54, 1.807) is 7.11 Å². The molecule has 0 aromatic heterocycles. The van der Waals surface area contributed by atoms with E-state index in [9.17, 15) is 5.11 Å². The Morgan fingerprint density at radius 2 is 2.33 bits per heavy atom. The van der Waals surface area contributed by atoms with Crippen molar-refractivity contribution in [2.75, 3.05) is 26.0 Å². The minimum atomic E-state index is -0.650. The highest BCUT2D eigenvalue weighted by Crippen LogP contribution is 2.26. The second-order valence-electron chi connectivity index (χ2n) is 4.59. The van der Waals surface area contributed by atoms with Crippen LogP contribution < -0.4 is 5.32 Å². The lowest BCUT2D eigenvalue weighted by atomic mass is 10.0. The molecule has 0 spiro atoms. The zero-order valence-corrected chi connectivity index (χ0v) is 10.8. The molecule has 3 unspecified atom stereocenters. The predicted molar refractivity (Wildman–Crippen MR) is 65.4 cm³/mol. The van der Waals surface area contributed by atoms with Crippen molar-refractivity contribution >= 4 is 11.8 Å². The first-order valence-electron chi connectivity index (χ1n) is 5.61. The van der Waals surface area contributed by atoms with E-state index >= 15 is 0 Å². The summed E-state index contributed by atoms with van der Waals surface area (Å²) in [4.78, 5) is 0. The number of hydrogen-bond donors (Lipinski definition) is 2. The van der Waals surface area contributed by atoms with Crippen molar-refractivity contribution in [3.8, 4) is 0 Å². The molecule has 0 aromatic carbocycles. The largest absolute Gasteiger partial charge is 0.389 e. The summed E-state index contributed by atoms with van der Waals surface area (Å²) < 4.78 is 4.98. The quantitative estimate of drug-likeness (QED) is 0.725. The molecule has 15 heavy (non-hydrogen) atoms. The van der Waals surface area contributed by atoms with Crippen molar-refractivity contribution < 1.29 is 9.84 Å². The SMILES string of the molecule is COCCC(C)(O)CNC1CCSC1C. The number of aliphatic hydroxyl groups is 1. The van der Waals surface area contributed by atoms with E-state index < -0.39 is 5.60 Å². The van der Waals surface area contributed by atoms with Gasteiger partial charge in [-0.25, -0.2) is 0 Å². The first kappa shape index (κ1) is 13.3. The molecule has 0 aromatic rings. The first-order valence-corrected chi connectivity index (χ1v) is 6.66. The number of hydrogen-bond acceptors (Lipinski definition) is 4. The zero-order valence-electron chi connectivity index (χ0n) is 9.95. The molecule has 1 heterocycles. The van der Waals surface area contributed by atoms with Gasteiger partial charge in [0, 0.05) is 38.0 Å². The normalized spacial score (nSPS) is 30.4. The van der Waals surface area contributed by atoms with Crippen LogP contribution in [0.4, 0.5) is 0 Å². The van der Waals surface area contributed by atoms with Crippen molar-refractivity contribution in [1.29, 1.82) is 0 Å². The monoisotopic (exact) mass is 233 g/mol. The Bertz CT molecular complexity index is 187. The van der Waals surface area contributed by atoms with E-state index in [0.29, 0.717) is 30.9 Å². The molecule has 1 fully saturated rings. The van der Waals surface area contributed by atoms with Gasteiger partial charge in [0.15, 0.2) is 0 Å². The van der Waals surface area contributed by atoms with Crippen LogP contribution in [-0.4, -0.2) is 48.0 Å². The van der Waals surface area contributed by atoms with Gasteiger partial charge in [0.25, 0.3) is 0 Å². The van der Waals surface area contributed by atoms with Crippen LogP contribution in [0.2, 0.25) is 0 Å². The lowest BCUT2D eigenvalue weighted by molar-refractivity contribution is 0.0229. The summed E-state index contributed by atoms with van der Waals surface area (Å²) in [6.45, 7) is 5.39. The lowest BCUT2D eigenvalue weighted by Crippen LogP contribution is -2.44. The van der Waals surface area contributed by atoms with Crippen LogP contribution in [0.3, 0.4) is 0 Å². The predicted octanol–water partition coefficient (Wildman–Crippen LogP) is 1.26. The average molecular weight is 233 g/mol. The Hall–Kier alpha value is 0.230. The molecule has 0 amide bonds. The highest BCUT2D eigenvalue weighted by Gasteiger charge is 2.27. The third-order valence-corrected chi connectivity index (χ3v) is 4.29. The maximum Gasteiger partial charge on any atom is 0.0765 e. The minimum absolute atomic E-state index is 0.559. The summed E-state index contributed by atoms with van der Waals surface area (Å²) >= 11 is 2.00. The molecule has 3 atom stereocenters. The summed E-state index contributed by atoms with van der Waals surface area (Å²) in [6.07, 6.45) is 1.90. The fourth-order valence-electron chi connectivity index (χ4n) is 1.76. The van der Waals surface area contributed by atoms with Gasteiger partial charge in [-0.05, 0) is 19.1 Å². The Balaban J connectivity index is 2.22. The van der Waals surface area contributed by atoms with Crippen molar-refractivity contribution in [1.82, 2.24) is 5.32 Å². The van der Waals surface area contributed by atoms with E-state index in [1.807, 2.05) is 18.7 Å². The molecule has 1 aliphatic rings. The van der Waals surface area contributed by atoms with Crippen LogP contribution in [0.5, 0.6) is 0 Å². The van der Waals surface area contributed by atoms with Crippen LogP contribution in [0.25, 0.3) is 0 Å². The highest BCUT2D eigenvalue weighted by molar-refractivity contribution is 8.00. The van der Waals surface area contributed by atoms with Gasteiger partial charge in [0.1, 0.15) is 0 Å². The second kappa shape index (κ2) is 6.09. The van der Waals surface area contributed by atoms with Gasteiger partial charge < -0.3 is 15.2 Å². The van der Waals surface area contributed by atoms with E-state index in [2.05, 4.69) is 12.2 Å². The number of methoxy groups -OCH3 is 1. The van der Waals surface area contributed by atoms with Crippen LogP contribution in [0.15, 0.2) is 0 Å². The topological polar surface area (TPSA) is 41.5 Å². The zero-order chi connectivity index (χ0) is 11.3. The van der Waals surface area contributed by atoms with Crippen LogP contribution >= 0.6 is 11.8 Å². The van der Waals surface area contributed by atoms with Gasteiger partial charge in [0.2, 0.25) is 0 Å². The molecule has 0 radical (unpaired) electrons. The third kappa shape index (κ3) is 4.72. The highest BCUT2D eigenvalue weighted by atomic mass is 32.2.